The fourth-order valence-corrected chi connectivity index (χ4v) is 7.17. The van der Waals surface area contributed by atoms with E-state index >= 15 is 0 Å². The van der Waals surface area contributed by atoms with Gasteiger partial charge in [-0.2, -0.15) is 5.10 Å². The Balaban J connectivity index is 0.783. The second-order valence-electron chi connectivity index (χ2n) is 14.2. The van der Waals surface area contributed by atoms with Crippen molar-refractivity contribution in [2.24, 2.45) is 0 Å². The molecule has 4 aliphatic rings. The standard InChI is InChI=1S/C38H43N9O5/c1-24-6-9-31(36(49)42-24)47-22-25-4-3-5-29(34(25)37(47)50)39-13-19-51-18-10-33(48)46-16-14-45(15-17-46)32-21-30(40-23-41-32)35-27-20-26(52-38(2)11-12-38)7-8-28(27)43-44-35/h3-5,7-8,20-21,23,31,39H,1,6,9-19,22H2,2H3,(H,42,49)(H,43,44). The first-order chi connectivity index (χ1) is 25.2. The maximum absolute atomic E-state index is 13.4. The average molecular weight is 706 g/mol. The molecule has 3 fully saturated rings. The Morgan fingerprint density at radius 2 is 1.92 bits per heavy atom. The van der Waals surface area contributed by atoms with Crippen molar-refractivity contribution in [3.05, 3.63) is 72.2 Å². The molecule has 0 spiro atoms. The van der Waals surface area contributed by atoms with Gasteiger partial charge < -0.3 is 34.8 Å². The van der Waals surface area contributed by atoms with Crippen LogP contribution >= 0.6 is 0 Å². The van der Waals surface area contributed by atoms with E-state index in [0.717, 1.165) is 58.0 Å². The molecular formula is C38H43N9O5. The van der Waals surface area contributed by atoms with Crippen LogP contribution in [0.5, 0.6) is 5.75 Å². The van der Waals surface area contributed by atoms with Gasteiger partial charge in [0, 0.05) is 62.1 Å². The second kappa shape index (κ2) is 13.9. The SMILES string of the molecule is C=C1CCC(N2Cc3cccc(NCCOCCC(=O)N4CCN(c5cc(-c6n[nH]c7ccc(OC8(C)CC8)cc67)ncn5)CC4)c3C2=O)C(=O)N1. The summed E-state index contributed by atoms with van der Waals surface area (Å²) in [5.74, 6) is 1.35. The number of hydrogen-bond acceptors (Lipinski definition) is 10. The van der Waals surface area contributed by atoms with Crippen molar-refractivity contribution in [3.8, 4) is 17.1 Å². The molecule has 2 aromatic carbocycles. The molecule has 5 heterocycles. The fourth-order valence-electron chi connectivity index (χ4n) is 7.17. The summed E-state index contributed by atoms with van der Waals surface area (Å²) in [5.41, 5.74) is 5.22. The number of H-pyrrole nitrogens is 1. The number of amides is 3. The van der Waals surface area contributed by atoms with E-state index in [1.54, 1.807) is 11.2 Å². The van der Waals surface area contributed by atoms with Gasteiger partial charge in [-0.25, -0.2) is 9.97 Å². The number of anilines is 2. The number of ether oxygens (including phenoxy) is 2. The second-order valence-corrected chi connectivity index (χ2v) is 14.2. The molecule has 1 saturated carbocycles. The minimum Gasteiger partial charge on any atom is -0.488 e. The highest BCUT2D eigenvalue weighted by Crippen LogP contribution is 2.41. The van der Waals surface area contributed by atoms with Gasteiger partial charge in [0.25, 0.3) is 5.91 Å². The Labute approximate surface area is 301 Å². The smallest absolute Gasteiger partial charge is 0.257 e. The van der Waals surface area contributed by atoms with E-state index in [4.69, 9.17) is 9.47 Å². The molecule has 1 atom stereocenters. The van der Waals surface area contributed by atoms with E-state index in [0.29, 0.717) is 83.0 Å². The van der Waals surface area contributed by atoms with E-state index < -0.39 is 6.04 Å². The van der Waals surface area contributed by atoms with Crippen LogP contribution in [0, 0.1) is 0 Å². The topological polar surface area (TPSA) is 158 Å². The number of hydrogen-bond donors (Lipinski definition) is 3. The summed E-state index contributed by atoms with van der Waals surface area (Å²) in [6, 6.07) is 13.1. The first-order valence-corrected chi connectivity index (χ1v) is 18.0. The lowest BCUT2D eigenvalue weighted by molar-refractivity contribution is -0.132. The highest BCUT2D eigenvalue weighted by atomic mass is 16.5. The molecule has 0 bridgehead atoms. The minimum absolute atomic E-state index is 0.0546. The lowest BCUT2D eigenvalue weighted by atomic mass is 10.0. The number of nitrogens with zero attached hydrogens (tertiary/aromatic N) is 6. The first kappa shape index (κ1) is 33.6. The number of rotatable bonds is 12. The Kier molecular flexibility index (Phi) is 8.99. The maximum atomic E-state index is 13.4. The fraction of sp³-hybridized carbons (Fsp3) is 0.421. The third-order valence-corrected chi connectivity index (χ3v) is 10.4. The van der Waals surface area contributed by atoms with Crippen LogP contribution in [0.15, 0.2) is 61.1 Å². The van der Waals surface area contributed by atoms with E-state index in [1.807, 2.05) is 47.4 Å². The number of aromatic amines is 1. The Morgan fingerprint density at radius 1 is 1.08 bits per heavy atom. The summed E-state index contributed by atoms with van der Waals surface area (Å²) in [4.78, 5) is 53.6. The zero-order valence-corrected chi connectivity index (χ0v) is 29.3. The van der Waals surface area contributed by atoms with Gasteiger partial charge in [-0.15, -0.1) is 0 Å². The van der Waals surface area contributed by atoms with Crippen LogP contribution in [-0.2, 0) is 20.9 Å². The molecule has 3 aliphatic heterocycles. The van der Waals surface area contributed by atoms with E-state index in [1.165, 1.54) is 0 Å². The van der Waals surface area contributed by atoms with Crippen LogP contribution in [0.1, 0.15) is 54.9 Å². The molecule has 14 nitrogen and oxygen atoms in total. The van der Waals surface area contributed by atoms with Crippen molar-refractivity contribution in [3.63, 3.8) is 0 Å². The van der Waals surface area contributed by atoms with Crippen molar-refractivity contribution >= 4 is 40.1 Å². The molecule has 1 unspecified atom stereocenters. The van der Waals surface area contributed by atoms with Crippen LogP contribution < -0.4 is 20.3 Å². The summed E-state index contributed by atoms with van der Waals surface area (Å²) < 4.78 is 12.0. The summed E-state index contributed by atoms with van der Waals surface area (Å²) in [5, 5.41) is 14.7. The van der Waals surface area contributed by atoms with Crippen LogP contribution in [0.2, 0.25) is 0 Å². The molecule has 0 radical (unpaired) electrons. The van der Waals surface area contributed by atoms with E-state index in [2.05, 4.69) is 49.2 Å². The van der Waals surface area contributed by atoms with Gasteiger partial charge in [0.05, 0.1) is 36.4 Å². The van der Waals surface area contributed by atoms with Crippen LogP contribution in [-0.4, -0.2) is 105 Å². The van der Waals surface area contributed by atoms with Gasteiger partial charge in [-0.1, -0.05) is 18.7 Å². The van der Waals surface area contributed by atoms with Crippen LogP contribution in [0.25, 0.3) is 22.3 Å². The maximum Gasteiger partial charge on any atom is 0.257 e. The van der Waals surface area contributed by atoms with E-state index in [9.17, 15) is 14.4 Å². The quantitative estimate of drug-likeness (QED) is 0.185. The molecule has 14 heteroatoms. The summed E-state index contributed by atoms with van der Waals surface area (Å²) >= 11 is 0. The Bertz CT molecular complexity index is 2030. The van der Waals surface area contributed by atoms with Gasteiger partial charge in [0.2, 0.25) is 11.8 Å². The predicted octanol–water partition coefficient (Wildman–Crippen LogP) is 3.87. The van der Waals surface area contributed by atoms with Crippen molar-refractivity contribution in [1.29, 1.82) is 0 Å². The molecule has 4 aromatic rings. The molecule has 2 saturated heterocycles. The highest BCUT2D eigenvalue weighted by Gasteiger charge is 2.40. The van der Waals surface area contributed by atoms with Gasteiger partial charge in [-0.3, -0.25) is 19.5 Å². The monoisotopic (exact) mass is 705 g/mol. The summed E-state index contributed by atoms with van der Waals surface area (Å²) in [6.07, 6.45) is 5.20. The molecule has 3 amide bonds. The number of piperazine rings is 1. The molecule has 8 rings (SSSR count). The molecular weight excluding hydrogens is 662 g/mol. The largest absolute Gasteiger partial charge is 0.488 e. The zero-order chi connectivity index (χ0) is 35.8. The molecule has 3 N–H and O–H groups in total. The van der Waals surface area contributed by atoms with E-state index in [-0.39, 0.29) is 23.3 Å². The molecule has 270 valence electrons. The van der Waals surface area contributed by atoms with Gasteiger partial charge in [0.1, 0.15) is 35.2 Å². The summed E-state index contributed by atoms with van der Waals surface area (Å²) in [6.45, 7) is 10.0. The van der Waals surface area contributed by atoms with Crippen LogP contribution in [0.4, 0.5) is 11.5 Å². The zero-order valence-electron chi connectivity index (χ0n) is 29.3. The lowest BCUT2D eigenvalue weighted by Crippen LogP contribution is -2.49. The Morgan fingerprint density at radius 3 is 2.73 bits per heavy atom. The highest BCUT2D eigenvalue weighted by molar-refractivity contribution is 6.05. The number of benzene rings is 2. The third kappa shape index (κ3) is 6.90. The number of aromatic nitrogens is 4. The molecule has 2 aromatic heterocycles. The molecule has 1 aliphatic carbocycles. The lowest BCUT2D eigenvalue weighted by Gasteiger charge is -2.35. The third-order valence-electron chi connectivity index (χ3n) is 10.4. The predicted molar refractivity (Wildman–Crippen MR) is 195 cm³/mol. The van der Waals surface area contributed by atoms with Gasteiger partial charge in [-0.05, 0) is 62.4 Å². The van der Waals surface area contributed by atoms with Crippen LogP contribution in [0.3, 0.4) is 0 Å². The van der Waals surface area contributed by atoms with Crippen molar-refractivity contribution in [2.75, 3.05) is 56.2 Å². The number of nitrogens with one attached hydrogen (secondary N) is 3. The number of carbonyl (C=O) groups excluding carboxylic acids is 3. The van der Waals surface area contributed by atoms with Crippen molar-refractivity contribution in [1.82, 2.24) is 35.3 Å². The van der Waals surface area contributed by atoms with Crippen molar-refractivity contribution in [2.45, 2.75) is 57.2 Å². The number of fused-ring (bicyclic) bond motifs is 2. The van der Waals surface area contributed by atoms with Gasteiger partial charge >= 0.3 is 0 Å². The molecule has 52 heavy (non-hydrogen) atoms. The first-order valence-electron chi connectivity index (χ1n) is 18.0. The van der Waals surface area contributed by atoms with Gasteiger partial charge in [0.15, 0.2) is 0 Å². The van der Waals surface area contributed by atoms with Crippen molar-refractivity contribution < 1.29 is 23.9 Å². The number of allylic oxidation sites excluding steroid dienone is 1. The number of piperidine rings is 1. The summed E-state index contributed by atoms with van der Waals surface area (Å²) in [7, 11) is 0. The Hall–Kier alpha value is -5.50. The number of carbonyl (C=O) groups is 3. The average Bonchev–Trinajstić information content (AvgIpc) is 3.56. The minimum atomic E-state index is -0.499. The normalized spacial score (nSPS) is 19.5.